The molecule has 0 atom stereocenters. The number of benzene rings is 7. The molecule has 322 valence electrons. The lowest BCUT2D eigenvalue weighted by atomic mass is 9.85. The molecular weight excluding hydrogens is 833 g/mol. The molecule has 7 aromatic carbocycles. The van der Waals surface area contributed by atoms with Gasteiger partial charge in [0.2, 0.25) is 0 Å². The van der Waals surface area contributed by atoms with Crippen LogP contribution in [0.25, 0.3) is 113 Å². The zero-order chi connectivity index (χ0) is 45.8. The molecule has 0 amide bonds. The summed E-state index contributed by atoms with van der Waals surface area (Å²) in [6.07, 6.45) is 1.80. The van der Waals surface area contributed by atoms with E-state index in [0.717, 1.165) is 95.2 Å². The summed E-state index contributed by atoms with van der Waals surface area (Å²) >= 11 is 0. The van der Waals surface area contributed by atoms with Gasteiger partial charge in [-0.1, -0.05) is 188 Å². The molecule has 0 saturated heterocycles. The Balaban J connectivity index is 1.17. The molecular formula is C60H42N8. The Morgan fingerprint density at radius 3 is 1.28 bits per heavy atom. The van der Waals surface area contributed by atoms with Crippen LogP contribution in [-0.4, -0.2) is 39.9 Å². The number of pyridine rings is 1. The zero-order valence-corrected chi connectivity index (χ0v) is 37.4. The van der Waals surface area contributed by atoms with Crippen molar-refractivity contribution in [3.8, 4) is 113 Å². The van der Waals surface area contributed by atoms with Crippen LogP contribution in [0, 0.1) is 13.8 Å². The number of nitrogens with zero attached hydrogens (tertiary/aromatic N) is 8. The van der Waals surface area contributed by atoms with Gasteiger partial charge in [0, 0.05) is 67.7 Å². The topological polar surface area (TPSA) is 103 Å². The van der Waals surface area contributed by atoms with Gasteiger partial charge in [-0.15, -0.1) is 0 Å². The van der Waals surface area contributed by atoms with Crippen molar-refractivity contribution in [1.82, 2.24) is 39.9 Å². The van der Waals surface area contributed by atoms with Crippen LogP contribution in [-0.2, 0) is 0 Å². The van der Waals surface area contributed by atoms with E-state index >= 15 is 0 Å². The molecule has 8 nitrogen and oxygen atoms in total. The molecule has 0 N–H and O–H groups in total. The lowest BCUT2D eigenvalue weighted by Gasteiger charge is -2.20. The second-order valence-corrected chi connectivity index (χ2v) is 16.4. The Labute approximate surface area is 394 Å². The lowest BCUT2D eigenvalue weighted by molar-refractivity contribution is 1.06. The molecule has 68 heavy (non-hydrogen) atoms. The minimum Gasteiger partial charge on any atom is -0.256 e. The molecule has 11 rings (SSSR count). The van der Waals surface area contributed by atoms with E-state index in [-0.39, 0.29) is 0 Å². The fourth-order valence-electron chi connectivity index (χ4n) is 8.75. The van der Waals surface area contributed by atoms with Gasteiger partial charge in [-0.25, -0.2) is 34.9 Å². The van der Waals surface area contributed by atoms with E-state index < -0.39 is 0 Å². The summed E-state index contributed by atoms with van der Waals surface area (Å²) in [4.78, 5) is 41.0. The highest BCUT2D eigenvalue weighted by Crippen LogP contribution is 2.46. The second-order valence-electron chi connectivity index (χ2n) is 16.4. The standard InChI is InChI=1S/C60H42N8/c1-39-37-40(2)63-60(62-39)51-34-20-33-47(55(51)48-30-15-13-28-45(48)54-38-53(41-21-6-3-7-22-41)64-56(65-54)42-23-8-4-9-24-42)44-27-12-16-31-49(44)58-66-57(43-25-10-5-11-26-43)67-59(68-58)50-32-17-14-29-46(50)52-35-18-19-36-61-52/h3-38H,1-2H3. The Morgan fingerprint density at radius 2 is 0.676 bits per heavy atom. The SMILES string of the molecule is Cc1cc(C)nc(-c2cccc(-c3ccccc3-c3nc(-c4ccccc4)nc(-c4ccccc4-c4ccccn4)n3)c2-c2ccccc2-c2cc(-c3ccccc3)nc(-c3ccccc3)n2)n1. The molecule has 4 heterocycles. The van der Waals surface area contributed by atoms with Gasteiger partial charge >= 0.3 is 0 Å². The monoisotopic (exact) mass is 874 g/mol. The highest BCUT2D eigenvalue weighted by Gasteiger charge is 2.24. The van der Waals surface area contributed by atoms with Crippen LogP contribution in [0.15, 0.2) is 219 Å². The predicted molar refractivity (Wildman–Crippen MR) is 273 cm³/mol. The highest BCUT2D eigenvalue weighted by atomic mass is 15.0. The molecule has 0 aliphatic carbocycles. The van der Waals surface area contributed by atoms with Gasteiger partial charge in [-0.05, 0) is 54.8 Å². The minimum absolute atomic E-state index is 0.531. The van der Waals surface area contributed by atoms with Gasteiger partial charge in [0.25, 0.3) is 0 Å². The molecule has 0 aliphatic rings. The maximum Gasteiger partial charge on any atom is 0.164 e. The summed E-state index contributed by atoms with van der Waals surface area (Å²) in [5, 5.41) is 0. The van der Waals surface area contributed by atoms with Crippen LogP contribution in [0.2, 0.25) is 0 Å². The van der Waals surface area contributed by atoms with E-state index in [4.69, 9.17) is 39.9 Å². The van der Waals surface area contributed by atoms with Crippen LogP contribution in [0.3, 0.4) is 0 Å². The summed E-state index contributed by atoms with van der Waals surface area (Å²) in [6.45, 7) is 4.02. The molecule has 0 unspecified atom stereocenters. The van der Waals surface area contributed by atoms with E-state index in [2.05, 4.69) is 97.1 Å². The van der Waals surface area contributed by atoms with Crippen molar-refractivity contribution in [1.29, 1.82) is 0 Å². The zero-order valence-electron chi connectivity index (χ0n) is 37.4. The van der Waals surface area contributed by atoms with E-state index in [1.54, 1.807) is 6.20 Å². The van der Waals surface area contributed by atoms with E-state index in [1.807, 2.05) is 129 Å². The van der Waals surface area contributed by atoms with Crippen molar-refractivity contribution in [3.63, 3.8) is 0 Å². The van der Waals surface area contributed by atoms with Crippen molar-refractivity contribution in [2.75, 3.05) is 0 Å². The van der Waals surface area contributed by atoms with Crippen LogP contribution in [0.4, 0.5) is 0 Å². The largest absolute Gasteiger partial charge is 0.256 e. The summed E-state index contributed by atoms with van der Waals surface area (Å²) in [7, 11) is 0. The first kappa shape index (κ1) is 41.6. The third-order valence-electron chi connectivity index (χ3n) is 11.8. The fourth-order valence-corrected chi connectivity index (χ4v) is 8.75. The highest BCUT2D eigenvalue weighted by molar-refractivity contribution is 6.01. The van der Waals surface area contributed by atoms with Crippen LogP contribution >= 0.6 is 0 Å². The van der Waals surface area contributed by atoms with Gasteiger partial charge < -0.3 is 0 Å². The predicted octanol–water partition coefficient (Wildman–Crippen LogP) is 14.1. The van der Waals surface area contributed by atoms with E-state index in [1.165, 1.54) is 0 Å². The first-order valence-electron chi connectivity index (χ1n) is 22.5. The molecule has 0 saturated carbocycles. The average molecular weight is 875 g/mol. The second kappa shape index (κ2) is 18.4. The van der Waals surface area contributed by atoms with Crippen LogP contribution in [0.1, 0.15) is 11.4 Å². The molecule has 11 aromatic rings. The normalized spacial score (nSPS) is 11.1. The molecule has 4 aromatic heterocycles. The number of aryl methyl sites for hydroxylation is 2. The van der Waals surface area contributed by atoms with Crippen molar-refractivity contribution in [2.24, 2.45) is 0 Å². The number of rotatable bonds is 10. The van der Waals surface area contributed by atoms with E-state index in [0.29, 0.717) is 29.1 Å². The maximum atomic E-state index is 5.33. The molecule has 0 radical (unpaired) electrons. The first-order valence-corrected chi connectivity index (χ1v) is 22.5. The van der Waals surface area contributed by atoms with Gasteiger partial charge in [-0.2, -0.15) is 0 Å². The van der Waals surface area contributed by atoms with Gasteiger partial charge in [0.05, 0.1) is 17.1 Å². The summed E-state index contributed by atoms with van der Waals surface area (Å²) in [5.41, 5.74) is 15.2. The quantitative estimate of drug-likeness (QED) is 0.134. The molecule has 0 bridgehead atoms. The Morgan fingerprint density at radius 1 is 0.250 bits per heavy atom. The molecule has 0 fully saturated rings. The Hall–Kier alpha value is -9.14. The maximum absolute atomic E-state index is 5.33. The fraction of sp³-hybridized carbons (Fsp3) is 0.0333. The Kier molecular flexibility index (Phi) is 11.2. The number of aromatic nitrogens is 8. The van der Waals surface area contributed by atoms with Gasteiger partial charge in [0.1, 0.15) is 0 Å². The third-order valence-corrected chi connectivity index (χ3v) is 11.8. The van der Waals surface area contributed by atoms with Crippen LogP contribution in [0.5, 0.6) is 0 Å². The molecule has 0 aliphatic heterocycles. The van der Waals surface area contributed by atoms with Gasteiger partial charge in [0.15, 0.2) is 29.1 Å². The first-order chi connectivity index (χ1) is 33.5. The average Bonchev–Trinajstić information content (AvgIpc) is 3.41. The summed E-state index contributed by atoms with van der Waals surface area (Å²) in [6, 6.07) is 71.7. The number of hydrogen-bond donors (Lipinski definition) is 0. The van der Waals surface area contributed by atoms with Crippen molar-refractivity contribution < 1.29 is 0 Å². The third kappa shape index (κ3) is 8.34. The lowest BCUT2D eigenvalue weighted by Crippen LogP contribution is -2.03. The minimum atomic E-state index is 0.531. The molecule has 8 heteroatoms. The summed E-state index contributed by atoms with van der Waals surface area (Å²) < 4.78 is 0. The van der Waals surface area contributed by atoms with Crippen molar-refractivity contribution in [2.45, 2.75) is 13.8 Å². The molecule has 0 spiro atoms. The van der Waals surface area contributed by atoms with E-state index in [9.17, 15) is 0 Å². The number of hydrogen-bond acceptors (Lipinski definition) is 8. The van der Waals surface area contributed by atoms with Crippen LogP contribution < -0.4 is 0 Å². The van der Waals surface area contributed by atoms with Crippen molar-refractivity contribution in [3.05, 3.63) is 230 Å². The Bertz CT molecular complexity index is 3500. The summed E-state index contributed by atoms with van der Waals surface area (Å²) in [5.74, 6) is 2.90. The smallest absolute Gasteiger partial charge is 0.164 e. The van der Waals surface area contributed by atoms with Crippen molar-refractivity contribution >= 4 is 0 Å². The van der Waals surface area contributed by atoms with Gasteiger partial charge in [-0.3, -0.25) is 4.98 Å².